The van der Waals surface area contributed by atoms with Gasteiger partial charge in [-0.15, -0.1) is 0 Å². The number of fused-ring (bicyclic) bond motifs is 1. The predicted octanol–water partition coefficient (Wildman–Crippen LogP) is 1.92. The van der Waals surface area contributed by atoms with Crippen molar-refractivity contribution in [1.82, 2.24) is 4.41 Å². The Morgan fingerprint density at radius 2 is 2.20 bits per heavy atom. The summed E-state index contributed by atoms with van der Waals surface area (Å²) in [5.74, 6) is -0.209. The molecule has 2 aliphatic heterocycles. The molecular formula is C13H12N4O2S. The summed E-state index contributed by atoms with van der Waals surface area (Å²) in [6, 6.07) is 4.54. The Morgan fingerprint density at radius 3 is 2.80 bits per heavy atom. The maximum atomic E-state index is 12.4. The number of carbonyl (C=O) groups excluding carboxylic acids is 1. The number of benzene rings is 1. The summed E-state index contributed by atoms with van der Waals surface area (Å²) in [6.07, 6.45) is 0.514. The number of carbonyl (C=O) groups is 1. The van der Waals surface area contributed by atoms with Crippen LogP contribution in [-0.2, 0) is 16.0 Å². The molecule has 1 saturated heterocycles. The van der Waals surface area contributed by atoms with Crippen molar-refractivity contribution in [3.8, 4) is 0 Å². The standard InChI is InChI=1S/C13H12N4O2S/c1-8-6-10(4-5-11(8)14-3)16-13(18)12-7-9(2)15-17(12)20(16)19/h4-6,12H,7H2,1-2H3. The van der Waals surface area contributed by atoms with Crippen LogP contribution in [0.2, 0.25) is 0 Å². The molecule has 2 unspecified atom stereocenters. The fourth-order valence-electron chi connectivity index (χ4n) is 2.37. The van der Waals surface area contributed by atoms with Crippen LogP contribution in [0.25, 0.3) is 4.85 Å². The summed E-state index contributed by atoms with van der Waals surface area (Å²) in [7, 11) is 0. The number of nitrogens with zero attached hydrogens (tertiary/aromatic N) is 4. The lowest BCUT2D eigenvalue weighted by Gasteiger charge is -2.15. The van der Waals surface area contributed by atoms with Gasteiger partial charge in [0.2, 0.25) is 11.2 Å². The highest BCUT2D eigenvalue weighted by atomic mass is 32.2. The van der Waals surface area contributed by atoms with E-state index in [1.54, 1.807) is 25.1 Å². The van der Waals surface area contributed by atoms with Crippen LogP contribution in [0.3, 0.4) is 0 Å². The molecule has 3 rings (SSSR count). The molecule has 0 saturated carbocycles. The fraction of sp³-hybridized carbons (Fsp3) is 0.308. The summed E-state index contributed by atoms with van der Waals surface area (Å²) in [5, 5.41) is 4.15. The first kappa shape index (κ1) is 12.8. The quantitative estimate of drug-likeness (QED) is 0.741. The van der Waals surface area contributed by atoms with Gasteiger partial charge in [0.15, 0.2) is 5.69 Å². The molecule has 2 atom stereocenters. The van der Waals surface area contributed by atoms with Crippen molar-refractivity contribution >= 4 is 34.2 Å². The molecular weight excluding hydrogens is 276 g/mol. The lowest BCUT2D eigenvalue weighted by atomic mass is 10.1. The maximum absolute atomic E-state index is 12.4. The van der Waals surface area contributed by atoms with E-state index < -0.39 is 17.2 Å². The van der Waals surface area contributed by atoms with Gasteiger partial charge in [-0.25, -0.2) is 13.4 Å². The van der Waals surface area contributed by atoms with E-state index in [1.165, 1.54) is 8.72 Å². The largest absolute Gasteiger partial charge is 0.271 e. The maximum Gasteiger partial charge on any atom is 0.266 e. The molecule has 7 heteroatoms. The van der Waals surface area contributed by atoms with Crippen LogP contribution >= 0.6 is 0 Å². The third-order valence-electron chi connectivity index (χ3n) is 3.36. The monoisotopic (exact) mass is 288 g/mol. The zero-order valence-corrected chi connectivity index (χ0v) is 11.8. The van der Waals surface area contributed by atoms with Gasteiger partial charge in [-0.05, 0) is 31.5 Å². The van der Waals surface area contributed by atoms with Crippen LogP contribution < -0.4 is 4.31 Å². The number of amides is 1. The van der Waals surface area contributed by atoms with Crippen molar-refractivity contribution in [2.45, 2.75) is 26.3 Å². The number of rotatable bonds is 1. The number of hydrogen-bond donors (Lipinski definition) is 0. The third-order valence-corrected chi connectivity index (χ3v) is 4.72. The normalized spacial score (nSPS) is 24.6. The first-order chi connectivity index (χ1) is 9.52. The topological polar surface area (TPSA) is 57.3 Å². The highest BCUT2D eigenvalue weighted by Gasteiger charge is 2.48. The second-order valence-corrected chi connectivity index (χ2v) is 6.00. The Balaban J connectivity index is 2.00. The van der Waals surface area contributed by atoms with Crippen LogP contribution in [0.1, 0.15) is 18.9 Å². The lowest BCUT2D eigenvalue weighted by Crippen LogP contribution is -2.30. The Morgan fingerprint density at radius 1 is 1.45 bits per heavy atom. The first-order valence-corrected chi connectivity index (χ1v) is 7.16. The molecule has 1 fully saturated rings. The second kappa shape index (κ2) is 4.42. The van der Waals surface area contributed by atoms with Crippen molar-refractivity contribution in [1.29, 1.82) is 0 Å². The van der Waals surface area contributed by atoms with Gasteiger partial charge < -0.3 is 0 Å². The molecule has 2 aliphatic rings. The SMILES string of the molecule is [C-]#[N+]c1ccc(N2C(=O)C3CC(C)=NN3S2=O)cc1C. The highest BCUT2D eigenvalue weighted by Crippen LogP contribution is 2.34. The van der Waals surface area contributed by atoms with E-state index in [4.69, 9.17) is 6.57 Å². The van der Waals surface area contributed by atoms with Gasteiger partial charge >= 0.3 is 0 Å². The Kier molecular flexibility index (Phi) is 2.83. The van der Waals surface area contributed by atoms with Crippen LogP contribution in [0.15, 0.2) is 23.3 Å². The van der Waals surface area contributed by atoms with E-state index in [-0.39, 0.29) is 5.91 Å². The molecule has 0 bridgehead atoms. The first-order valence-electron chi connectivity index (χ1n) is 6.10. The van der Waals surface area contributed by atoms with E-state index >= 15 is 0 Å². The molecule has 102 valence electrons. The number of anilines is 1. The van der Waals surface area contributed by atoms with E-state index in [0.29, 0.717) is 17.8 Å². The molecule has 0 aliphatic carbocycles. The number of hydrazone groups is 1. The summed E-state index contributed by atoms with van der Waals surface area (Å²) in [6.45, 7) is 10.6. The van der Waals surface area contributed by atoms with Crippen molar-refractivity contribution < 1.29 is 9.00 Å². The van der Waals surface area contributed by atoms with Crippen LogP contribution in [0.5, 0.6) is 0 Å². The molecule has 0 N–H and O–H groups in total. The summed E-state index contributed by atoms with van der Waals surface area (Å²) in [5.41, 5.74) is 2.64. The molecule has 1 amide bonds. The minimum absolute atomic E-state index is 0.209. The van der Waals surface area contributed by atoms with Gasteiger partial charge in [-0.2, -0.15) is 9.52 Å². The zero-order chi connectivity index (χ0) is 14.4. The van der Waals surface area contributed by atoms with Crippen LogP contribution in [0, 0.1) is 13.5 Å². The molecule has 1 aromatic rings. The minimum atomic E-state index is -1.63. The van der Waals surface area contributed by atoms with Gasteiger partial charge in [0.1, 0.15) is 6.04 Å². The van der Waals surface area contributed by atoms with E-state index in [2.05, 4.69) is 9.95 Å². The predicted molar refractivity (Wildman–Crippen MR) is 76.4 cm³/mol. The van der Waals surface area contributed by atoms with Crippen molar-refractivity contribution in [2.75, 3.05) is 4.31 Å². The second-order valence-electron chi connectivity index (χ2n) is 4.80. The smallest absolute Gasteiger partial charge is 0.266 e. The summed E-state index contributed by atoms with van der Waals surface area (Å²) >= 11 is -1.63. The van der Waals surface area contributed by atoms with Gasteiger partial charge in [-0.1, -0.05) is 6.07 Å². The van der Waals surface area contributed by atoms with Crippen molar-refractivity contribution in [2.24, 2.45) is 5.10 Å². The molecule has 6 nitrogen and oxygen atoms in total. The summed E-state index contributed by atoms with van der Waals surface area (Å²) in [4.78, 5) is 15.7. The van der Waals surface area contributed by atoms with E-state index in [1.807, 2.05) is 6.92 Å². The Bertz CT molecular complexity index is 707. The summed E-state index contributed by atoms with van der Waals surface area (Å²) < 4.78 is 15.0. The minimum Gasteiger partial charge on any atom is -0.271 e. The van der Waals surface area contributed by atoms with Gasteiger partial charge in [0, 0.05) is 12.1 Å². The van der Waals surface area contributed by atoms with E-state index in [9.17, 15) is 9.00 Å². The van der Waals surface area contributed by atoms with Gasteiger partial charge in [0.25, 0.3) is 5.91 Å². The van der Waals surface area contributed by atoms with Gasteiger partial charge in [0.05, 0.1) is 12.3 Å². The average Bonchev–Trinajstić information content (AvgIpc) is 2.89. The van der Waals surface area contributed by atoms with Gasteiger partial charge in [-0.3, -0.25) is 4.79 Å². The molecule has 20 heavy (non-hydrogen) atoms. The third kappa shape index (κ3) is 1.72. The zero-order valence-electron chi connectivity index (χ0n) is 11.0. The number of hydrogen-bond acceptors (Lipinski definition) is 3. The Labute approximate surface area is 119 Å². The van der Waals surface area contributed by atoms with Crippen molar-refractivity contribution in [3.05, 3.63) is 35.2 Å². The average molecular weight is 288 g/mol. The molecule has 0 aromatic heterocycles. The lowest BCUT2D eigenvalue weighted by molar-refractivity contribution is -0.119. The van der Waals surface area contributed by atoms with Crippen LogP contribution in [0.4, 0.5) is 11.4 Å². The fourth-order valence-corrected chi connectivity index (χ4v) is 3.70. The van der Waals surface area contributed by atoms with Crippen LogP contribution in [-0.4, -0.2) is 26.3 Å². The molecule has 0 radical (unpaired) electrons. The molecule has 1 aromatic carbocycles. The van der Waals surface area contributed by atoms with Crippen molar-refractivity contribution in [3.63, 3.8) is 0 Å². The number of aryl methyl sites for hydroxylation is 1. The van der Waals surface area contributed by atoms with E-state index in [0.717, 1.165) is 11.3 Å². The Hall–Kier alpha value is -2.20. The molecule has 2 heterocycles. The molecule has 0 spiro atoms. The highest BCUT2D eigenvalue weighted by molar-refractivity contribution is 7.85.